The molecule has 0 fully saturated rings. The molecule has 0 amide bonds. The van der Waals surface area contributed by atoms with Gasteiger partial charge in [0.05, 0.1) is 18.7 Å². The summed E-state index contributed by atoms with van der Waals surface area (Å²) in [4.78, 5) is 12.3. The summed E-state index contributed by atoms with van der Waals surface area (Å²) in [6, 6.07) is 10.6. The van der Waals surface area contributed by atoms with E-state index < -0.39 is 5.92 Å². The summed E-state index contributed by atoms with van der Waals surface area (Å²) < 4.78 is 10.2. The average molecular weight is 255 g/mol. The van der Waals surface area contributed by atoms with Gasteiger partial charge in [0.15, 0.2) is 5.78 Å². The van der Waals surface area contributed by atoms with E-state index in [9.17, 15) is 10.1 Å². The van der Waals surface area contributed by atoms with Gasteiger partial charge in [0.1, 0.15) is 23.7 Å². The first-order chi connectivity index (χ1) is 9.15. The second-order valence-electron chi connectivity index (χ2n) is 4.15. The average Bonchev–Trinajstić information content (AvgIpc) is 2.86. The minimum absolute atomic E-state index is 0.271. The van der Waals surface area contributed by atoms with E-state index >= 15 is 0 Å². The molecule has 0 aliphatic rings. The molecule has 0 saturated heterocycles. The Morgan fingerprint density at radius 1 is 1.42 bits per heavy atom. The highest BCUT2D eigenvalue weighted by Crippen LogP contribution is 2.24. The predicted octanol–water partition coefficient (Wildman–Crippen LogP) is 3.09. The number of hydrogen-bond acceptors (Lipinski definition) is 4. The zero-order valence-corrected chi connectivity index (χ0v) is 10.7. The fourth-order valence-corrected chi connectivity index (χ4v) is 1.84. The van der Waals surface area contributed by atoms with Crippen LogP contribution in [-0.4, -0.2) is 12.9 Å². The third-order valence-corrected chi connectivity index (χ3v) is 2.83. The van der Waals surface area contributed by atoms with Crippen LogP contribution in [0.1, 0.15) is 27.6 Å². The van der Waals surface area contributed by atoms with E-state index in [1.54, 1.807) is 44.4 Å². The number of hydrogen-bond donors (Lipinski definition) is 0. The number of methoxy groups -OCH3 is 1. The van der Waals surface area contributed by atoms with Crippen molar-refractivity contribution in [2.45, 2.75) is 12.8 Å². The smallest absolute Gasteiger partial charge is 0.187 e. The first-order valence-electron chi connectivity index (χ1n) is 5.78. The van der Waals surface area contributed by atoms with Crippen molar-refractivity contribution >= 4 is 5.78 Å². The van der Waals surface area contributed by atoms with Crippen molar-refractivity contribution in [3.63, 3.8) is 0 Å². The number of aryl methyl sites for hydroxylation is 1. The molecule has 0 bridgehead atoms. The summed E-state index contributed by atoms with van der Waals surface area (Å²) in [6.45, 7) is 1.75. The Bertz CT molecular complexity index is 637. The molecule has 1 heterocycles. The zero-order chi connectivity index (χ0) is 13.8. The first-order valence-corrected chi connectivity index (χ1v) is 5.78. The van der Waals surface area contributed by atoms with Crippen molar-refractivity contribution in [3.8, 4) is 11.8 Å². The molecule has 0 spiro atoms. The van der Waals surface area contributed by atoms with E-state index in [1.165, 1.54) is 6.26 Å². The fourth-order valence-electron chi connectivity index (χ4n) is 1.84. The zero-order valence-electron chi connectivity index (χ0n) is 10.7. The molecule has 0 aliphatic carbocycles. The molecule has 2 rings (SSSR count). The largest absolute Gasteiger partial charge is 0.497 e. The molecule has 19 heavy (non-hydrogen) atoms. The summed E-state index contributed by atoms with van der Waals surface area (Å²) in [5.41, 5.74) is 1.03. The van der Waals surface area contributed by atoms with Gasteiger partial charge in [0.25, 0.3) is 0 Å². The molecule has 1 atom stereocenters. The van der Waals surface area contributed by atoms with Crippen molar-refractivity contribution in [3.05, 3.63) is 53.5 Å². The second kappa shape index (κ2) is 5.40. The molecule has 1 unspecified atom stereocenters. The minimum atomic E-state index is -0.855. The van der Waals surface area contributed by atoms with Crippen molar-refractivity contribution in [2.75, 3.05) is 7.11 Å². The van der Waals surface area contributed by atoms with E-state index in [0.29, 0.717) is 22.6 Å². The maximum Gasteiger partial charge on any atom is 0.187 e. The Morgan fingerprint density at radius 2 is 2.21 bits per heavy atom. The number of carbonyl (C=O) groups is 1. The van der Waals surface area contributed by atoms with Crippen LogP contribution in [0.4, 0.5) is 0 Å². The Hall–Kier alpha value is -2.54. The minimum Gasteiger partial charge on any atom is -0.497 e. The van der Waals surface area contributed by atoms with Gasteiger partial charge in [0.2, 0.25) is 0 Å². The third-order valence-electron chi connectivity index (χ3n) is 2.83. The van der Waals surface area contributed by atoms with Gasteiger partial charge in [-0.15, -0.1) is 0 Å². The van der Waals surface area contributed by atoms with Gasteiger partial charge in [-0.2, -0.15) is 5.26 Å². The van der Waals surface area contributed by atoms with Crippen LogP contribution in [0.5, 0.6) is 5.75 Å². The molecule has 0 saturated carbocycles. The number of Topliss-reactive ketones (excluding diaryl/α,β-unsaturated/α-hetero) is 1. The van der Waals surface area contributed by atoms with Gasteiger partial charge in [-0.1, -0.05) is 12.1 Å². The highest BCUT2D eigenvalue weighted by Gasteiger charge is 2.23. The van der Waals surface area contributed by atoms with Crippen LogP contribution in [0.2, 0.25) is 0 Å². The summed E-state index contributed by atoms with van der Waals surface area (Å²) in [5, 5.41) is 9.24. The van der Waals surface area contributed by atoms with Crippen LogP contribution in [-0.2, 0) is 0 Å². The van der Waals surface area contributed by atoms with Crippen LogP contribution in [0.15, 0.2) is 41.0 Å². The molecule has 0 radical (unpaired) electrons. The Kier molecular flexibility index (Phi) is 3.67. The number of benzene rings is 1. The Balaban J connectivity index is 2.34. The van der Waals surface area contributed by atoms with Crippen molar-refractivity contribution in [1.29, 1.82) is 5.26 Å². The molecule has 96 valence electrons. The van der Waals surface area contributed by atoms with Gasteiger partial charge in [-0.05, 0) is 30.7 Å². The summed E-state index contributed by atoms with van der Waals surface area (Å²) in [7, 11) is 1.54. The lowest BCUT2D eigenvalue weighted by molar-refractivity contribution is 0.0978. The molecule has 0 aliphatic heterocycles. The van der Waals surface area contributed by atoms with Crippen molar-refractivity contribution in [1.82, 2.24) is 0 Å². The van der Waals surface area contributed by atoms with E-state index in [4.69, 9.17) is 9.15 Å². The number of nitrogens with zero attached hydrogens (tertiary/aromatic N) is 1. The number of ketones is 1. The van der Waals surface area contributed by atoms with Crippen LogP contribution in [0.25, 0.3) is 0 Å². The van der Waals surface area contributed by atoms with Gasteiger partial charge >= 0.3 is 0 Å². The summed E-state index contributed by atoms with van der Waals surface area (Å²) in [6.07, 6.45) is 1.38. The molecular weight excluding hydrogens is 242 g/mol. The monoisotopic (exact) mass is 255 g/mol. The number of carbonyl (C=O) groups excluding carboxylic acids is 1. The SMILES string of the molecule is COc1cccc(C(C#N)C(=O)c2coc(C)c2)c1. The number of ether oxygens (including phenoxy) is 1. The number of furan rings is 1. The number of nitriles is 1. The molecule has 1 aromatic heterocycles. The number of rotatable bonds is 4. The van der Waals surface area contributed by atoms with Gasteiger partial charge < -0.3 is 9.15 Å². The van der Waals surface area contributed by atoms with Crippen LogP contribution >= 0.6 is 0 Å². The van der Waals surface area contributed by atoms with Gasteiger partial charge in [0, 0.05) is 0 Å². The predicted molar refractivity (Wildman–Crippen MR) is 69.1 cm³/mol. The maximum absolute atomic E-state index is 12.3. The fraction of sp³-hybridized carbons (Fsp3) is 0.200. The summed E-state index contributed by atoms with van der Waals surface area (Å²) in [5.74, 6) is 0.138. The molecular formula is C15H13NO3. The maximum atomic E-state index is 12.3. The van der Waals surface area contributed by atoms with E-state index in [0.717, 1.165) is 0 Å². The molecule has 1 aromatic carbocycles. The normalized spacial score (nSPS) is 11.6. The molecule has 4 heteroatoms. The van der Waals surface area contributed by atoms with E-state index in [2.05, 4.69) is 0 Å². The van der Waals surface area contributed by atoms with Crippen LogP contribution in [0, 0.1) is 18.3 Å². The standard InChI is InChI=1S/C15H13NO3/c1-10-6-12(9-19-10)15(17)14(8-16)11-4-3-5-13(7-11)18-2/h3-7,9,14H,1-2H3. The van der Waals surface area contributed by atoms with Crippen LogP contribution < -0.4 is 4.74 Å². The molecule has 2 aromatic rings. The van der Waals surface area contributed by atoms with E-state index in [-0.39, 0.29) is 5.78 Å². The lowest BCUT2D eigenvalue weighted by atomic mass is 9.93. The van der Waals surface area contributed by atoms with Gasteiger partial charge in [-0.3, -0.25) is 4.79 Å². The Labute approximate surface area is 111 Å². The lowest BCUT2D eigenvalue weighted by Crippen LogP contribution is -2.10. The molecule has 4 nitrogen and oxygen atoms in total. The first kappa shape index (κ1) is 12.9. The summed E-state index contributed by atoms with van der Waals surface area (Å²) >= 11 is 0. The van der Waals surface area contributed by atoms with Crippen LogP contribution in [0.3, 0.4) is 0 Å². The topological polar surface area (TPSA) is 63.2 Å². The van der Waals surface area contributed by atoms with Crippen molar-refractivity contribution in [2.24, 2.45) is 0 Å². The lowest BCUT2D eigenvalue weighted by Gasteiger charge is -2.08. The Morgan fingerprint density at radius 3 is 2.79 bits per heavy atom. The molecule has 0 N–H and O–H groups in total. The quantitative estimate of drug-likeness (QED) is 0.787. The third kappa shape index (κ3) is 2.66. The highest BCUT2D eigenvalue weighted by atomic mass is 16.5. The highest BCUT2D eigenvalue weighted by molar-refractivity contribution is 6.02. The van der Waals surface area contributed by atoms with E-state index in [1.807, 2.05) is 6.07 Å². The van der Waals surface area contributed by atoms with Crippen molar-refractivity contribution < 1.29 is 13.9 Å². The van der Waals surface area contributed by atoms with Gasteiger partial charge in [-0.25, -0.2) is 0 Å². The second-order valence-corrected chi connectivity index (χ2v) is 4.15.